The van der Waals surface area contributed by atoms with Gasteiger partial charge in [0.05, 0.1) is 5.84 Å². The van der Waals surface area contributed by atoms with Gasteiger partial charge in [-0.05, 0) is 80.1 Å². The summed E-state index contributed by atoms with van der Waals surface area (Å²) >= 11 is 1.80. The summed E-state index contributed by atoms with van der Waals surface area (Å²) in [6.45, 7) is 12.8. The van der Waals surface area contributed by atoms with Crippen LogP contribution in [-0.2, 0) is 0 Å². The first kappa shape index (κ1) is 27.9. The van der Waals surface area contributed by atoms with Crippen LogP contribution < -0.4 is 5.73 Å². The predicted molar refractivity (Wildman–Crippen MR) is 140 cm³/mol. The molecule has 0 bridgehead atoms. The van der Waals surface area contributed by atoms with E-state index in [1.54, 1.807) is 18.7 Å². The number of nitrogens with two attached hydrogens (primary N) is 1. The number of aromatic nitrogens is 4. The molecule has 0 aliphatic rings. The van der Waals surface area contributed by atoms with E-state index in [1.165, 1.54) is 28.7 Å². The summed E-state index contributed by atoms with van der Waals surface area (Å²) in [5.41, 5.74) is 11.6. The number of tetrazole rings is 1. The Labute approximate surface area is 199 Å². The Morgan fingerprint density at radius 2 is 1.47 bits per heavy atom. The second-order valence-corrected chi connectivity index (χ2v) is 9.72. The minimum Gasteiger partial charge on any atom is -0.388 e. The van der Waals surface area contributed by atoms with Gasteiger partial charge in [-0.1, -0.05) is 51.8 Å². The highest BCUT2D eigenvalue weighted by Gasteiger charge is 2.14. The number of thioether (sulfide) groups is 1. The van der Waals surface area contributed by atoms with Crippen LogP contribution in [0.3, 0.4) is 0 Å². The van der Waals surface area contributed by atoms with E-state index >= 15 is 0 Å². The number of H-pyrrole nitrogens is 1. The third-order valence-electron chi connectivity index (χ3n) is 5.00. The van der Waals surface area contributed by atoms with Gasteiger partial charge in [-0.2, -0.15) is 17.0 Å². The summed E-state index contributed by atoms with van der Waals surface area (Å²) < 4.78 is 0. The number of nitrogens with one attached hydrogen (secondary N) is 1. The molecule has 0 aromatic carbocycles. The van der Waals surface area contributed by atoms with E-state index in [1.807, 2.05) is 0 Å². The Morgan fingerprint density at radius 1 is 0.906 bits per heavy atom. The van der Waals surface area contributed by atoms with Crippen molar-refractivity contribution in [1.29, 1.82) is 0 Å². The van der Waals surface area contributed by atoms with E-state index in [0.717, 1.165) is 43.6 Å². The molecule has 1 atom stereocenters. The monoisotopic (exact) mass is 458 g/mol. The molecular weight excluding hydrogens is 416 g/mol. The molecular formula is C25H42N6S. The normalized spacial score (nSPS) is 14.6. The van der Waals surface area contributed by atoms with E-state index in [-0.39, 0.29) is 6.04 Å². The van der Waals surface area contributed by atoms with Crippen LogP contribution in [-0.4, -0.2) is 38.0 Å². The number of aromatic amines is 1. The van der Waals surface area contributed by atoms with E-state index in [2.05, 4.69) is 84.5 Å². The second kappa shape index (κ2) is 16.5. The average Bonchev–Trinajstić information content (AvgIpc) is 3.24. The van der Waals surface area contributed by atoms with Crippen LogP contribution in [0.2, 0.25) is 0 Å². The molecule has 1 unspecified atom stereocenters. The lowest BCUT2D eigenvalue weighted by Crippen LogP contribution is -2.11. The Kier molecular flexibility index (Phi) is 14.4. The summed E-state index contributed by atoms with van der Waals surface area (Å²) in [4.78, 5) is 4.42. The molecule has 0 aliphatic carbocycles. The van der Waals surface area contributed by atoms with Crippen molar-refractivity contribution < 1.29 is 0 Å². The van der Waals surface area contributed by atoms with E-state index in [4.69, 9.17) is 5.73 Å². The van der Waals surface area contributed by atoms with Gasteiger partial charge in [0.1, 0.15) is 6.04 Å². The number of rotatable bonds is 15. The van der Waals surface area contributed by atoms with Crippen LogP contribution in [0.15, 0.2) is 51.6 Å². The zero-order valence-electron chi connectivity index (χ0n) is 20.8. The largest absolute Gasteiger partial charge is 0.388 e. The van der Waals surface area contributed by atoms with Crippen molar-refractivity contribution in [3.05, 3.63) is 52.4 Å². The fourth-order valence-corrected chi connectivity index (χ4v) is 4.08. The predicted octanol–water partition coefficient (Wildman–Crippen LogP) is 6.50. The molecule has 1 heterocycles. The Bertz CT molecular complexity index is 794. The third kappa shape index (κ3) is 14.0. The summed E-state index contributed by atoms with van der Waals surface area (Å²) in [6.07, 6.45) is 16.2. The topological polar surface area (TPSA) is 92.8 Å². The van der Waals surface area contributed by atoms with Gasteiger partial charge in [-0.25, -0.2) is 0 Å². The van der Waals surface area contributed by atoms with Crippen molar-refractivity contribution in [3.63, 3.8) is 0 Å². The molecule has 1 aromatic heterocycles. The van der Waals surface area contributed by atoms with Crippen LogP contribution in [0.4, 0.5) is 0 Å². The maximum absolute atomic E-state index is 5.74. The molecule has 3 N–H and O–H groups in total. The second-order valence-electron chi connectivity index (χ2n) is 8.64. The van der Waals surface area contributed by atoms with Crippen molar-refractivity contribution in [2.24, 2.45) is 10.7 Å². The molecule has 7 heteroatoms. The van der Waals surface area contributed by atoms with Gasteiger partial charge in [-0.3, -0.25) is 4.99 Å². The zero-order valence-corrected chi connectivity index (χ0v) is 21.6. The molecule has 0 saturated heterocycles. The molecule has 1 rings (SSSR count). The van der Waals surface area contributed by atoms with Crippen LogP contribution in [0.1, 0.15) is 91.9 Å². The van der Waals surface area contributed by atoms with E-state index < -0.39 is 0 Å². The van der Waals surface area contributed by atoms with Crippen LogP contribution in [0, 0.1) is 0 Å². The highest BCUT2D eigenvalue weighted by molar-refractivity contribution is 7.99. The maximum Gasteiger partial charge on any atom is 0.199 e. The molecule has 178 valence electrons. The fourth-order valence-electron chi connectivity index (χ4n) is 3.09. The average molecular weight is 459 g/mol. The van der Waals surface area contributed by atoms with Gasteiger partial charge in [-0.15, -0.1) is 10.2 Å². The number of nitrogens with zero attached hydrogens (tertiary/aromatic N) is 4. The van der Waals surface area contributed by atoms with Gasteiger partial charge >= 0.3 is 0 Å². The lowest BCUT2D eigenvalue weighted by atomic mass is 10.0. The molecule has 6 nitrogen and oxygen atoms in total. The molecule has 0 saturated carbocycles. The summed E-state index contributed by atoms with van der Waals surface area (Å²) in [5.74, 6) is 2.84. The van der Waals surface area contributed by atoms with Crippen LogP contribution in [0.25, 0.3) is 0 Å². The van der Waals surface area contributed by atoms with Gasteiger partial charge in [0.2, 0.25) is 0 Å². The summed E-state index contributed by atoms with van der Waals surface area (Å²) in [6, 6.07) is -0.159. The van der Waals surface area contributed by atoms with E-state index in [0.29, 0.717) is 11.7 Å². The van der Waals surface area contributed by atoms with Crippen LogP contribution in [0.5, 0.6) is 0 Å². The van der Waals surface area contributed by atoms with Gasteiger partial charge in [0, 0.05) is 11.5 Å². The van der Waals surface area contributed by atoms with Gasteiger partial charge < -0.3 is 5.73 Å². The highest BCUT2D eigenvalue weighted by atomic mass is 32.2. The molecule has 1 aromatic rings. The van der Waals surface area contributed by atoms with Crippen molar-refractivity contribution in [2.75, 3.05) is 11.5 Å². The highest BCUT2D eigenvalue weighted by Crippen LogP contribution is 2.20. The van der Waals surface area contributed by atoms with E-state index in [9.17, 15) is 0 Å². The number of allylic oxidation sites excluding steroid dienone is 7. The number of hydrogen-bond acceptors (Lipinski definition) is 5. The molecule has 0 amide bonds. The summed E-state index contributed by atoms with van der Waals surface area (Å²) in [7, 11) is 0. The molecule has 32 heavy (non-hydrogen) atoms. The van der Waals surface area contributed by atoms with Crippen molar-refractivity contribution in [2.45, 2.75) is 86.1 Å². The molecule has 0 radical (unpaired) electrons. The Balaban J connectivity index is 2.29. The zero-order chi connectivity index (χ0) is 23.8. The van der Waals surface area contributed by atoms with Crippen molar-refractivity contribution in [1.82, 2.24) is 20.6 Å². The third-order valence-corrected chi connectivity index (χ3v) is 5.95. The summed E-state index contributed by atoms with van der Waals surface area (Å²) in [5, 5.41) is 14.2. The lowest BCUT2D eigenvalue weighted by Gasteiger charge is -2.08. The number of aliphatic imine (C=N–C) groups is 1. The first-order valence-electron chi connectivity index (χ1n) is 11.5. The van der Waals surface area contributed by atoms with Crippen molar-refractivity contribution >= 4 is 17.6 Å². The first-order chi connectivity index (χ1) is 15.3. The molecule has 0 fully saturated rings. The van der Waals surface area contributed by atoms with Gasteiger partial charge in [0.25, 0.3) is 0 Å². The first-order valence-corrected chi connectivity index (χ1v) is 12.6. The molecule has 0 aliphatic heterocycles. The van der Waals surface area contributed by atoms with Crippen molar-refractivity contribution in [3.8, 4) is 0 Å². The fraction of sp³-hybridized carbons (Fsp3) is 0.600. The minimum absolute atomic E-state index is 0.159. The quantitative estimate of drug-likeness (QED) is 0.135. The minimum atomic E-state index is -0.159. The Morgan fingerprint density at radius 3 is 1.97 bits per heavy atom. The maximum atomic E-state index is 5.74. The number of hydrogen-bond donors (Lipinski definition) is 2. The van der Waals surface area contributed by atoms with Crippen LogP contribution >= 0.6 is 11.8 Å². The van der Waals surface area contributed by atoms with Gasteiger partial charge in [0.15, 0.2) is 5.82 Å². The standard InChI is InChI=1S/C25H42N6S/c1-19(2)10-7-11-20(3)12-8-13-21(4)14-9-15-22(5)16-17-32-18-24(27-23(6)26)25-28-30-31-29-25/h10,12,14,16,24H,7-9,11,13,15,17-18H2,1-6H3,(H2,26,27)(H,28,29,30,31)/b20-12+,21-14+,22-16+. The Hall–Kier alpha value is -2.15. The number of amidine groups is 1. The smallest absolute Gasteiger partial charge is 0.199 e. The molecule has 0 spiro atoms. The SMILES string of the molecule is CC(C)=CCC/C(C)=C/CC/C(C)=C/CC/C(C)=C/CSCC(N=C(C)N)c1nn[nH]n1. The lowest BCUT2D eigenvalue weighted by molar-refractivity contribution is 0.753.